The molecule has 3 rings (SSSR count). The van der Waals surface area contributed by atoms with E-state index in [-0.39, 0.29) is 11.6 Å². The lowest BCUT2D eigenvalue weighted by molar-refractivity contribution is 0.281. The van der Waals surface area contributed by atoms with E-state index in [9.17, 15) is 4.39 Å². The van der Waals surface area contributed by atoms with Crippen LogP contribution in [0.3, 0.4) is 0 Å². The standard InChI is InChI=1S/C17H17FN2O/c1-2-20-14(10-12-9-13(19)7-8-16(12)20)11-21-17-6-4-3-5-15(17)18/h3-10H,2,11,19H2,1H3. The van der Waals surface area contributed by atoms with E-state index >= 15 is 0 Å². The van der Waals surface area contributed by atoms with Crippen molar-refractivity contribution in [1.82, 2.24) is 4.57 Å². The van der Waals surface area contributed by atoms with Gasteiger partial charge in [0.25, 0.3) is 0 Å². The number of halogens is 1. The second-order valence-corrected chi connectivity index (χ2v) is 4.92. The lowest BCUT2D eigenvalue weighted by atomic mass is 10.2. The summed E-state index contributed by atoms with van der Waals surface area (Å²) in [5, 5.41) is 1.07. The van der Waals surface area contributed by atoms with E-state index in [0.717, 1.165) is 28.8 Å². The highest BCUT2D eigenvalue weighted by molar-refractivity contribution is 5.84. The molecule has 0 spiro atoms. The number of rotatable bonds is 4. The first-order chi connectivity index (χ1) is 10.2. The van der Waals surface area contributed by atoms with E-state index in [1.807, 2.05) is 24.3 Å². The van der Waals surface area contributed by atoms with Crippen molar-refractivity contribution in [1.29, 1.82) is 0 Å². The summed E-state index contributed by atoms with van der Waals surface area (Å²) in [7, 11) is 0. The van der Waals surface area contributed by atoms with Crippen LogP contribution in [0.25, 0.3) is 10.9 Å². The summed E-state index contributed by atoms with van der Waals surface area (Å²) in [6.45, 7) is 3.22. The topological polar surface area (TPSA) is 40.2 Å². The van der Waals surface area contributed by atoms with Gasteiger partial charge in [-0.25, -0.2) is 4.39 Å². The van der Waals surface area contributed by atoms with E-state index in [1.165, 1.54) is 6.07 Å². The van der Waals surface area contributed by atoms with Crippen LogP contribution in [0.1, 0.15) is 12.6 Å². The second kappa shape index (κ2) is 5.48. The Morgan fingerprint density at radius 2 is 1.95 bits per heavy atom. The van der Waals surface area contributed by atoms with Crippen molar-refractivity contribution in [3.05, 3.63) is 60.0 Å². The summed E-state index contributed by atoms with van der Waals surface area (Å²) in [6.07, 6.45) is 0. The van der Waals surface area contributed by atoms with Gasteiger partial charge in [-0.2, -0.15) is 0 Å². The molecule has 0 radical (unpaired) electrons. The molecule has 0 aliphatic rings. The van der Waals surface area contributed by atoms with Crippen LogP contribution in [0.4, 0.5) is 10.1 Å². The van der Waals surface area contributed by atoms with Gasteiger partial charge in [0.2, 0.25) is 0 Å². The smallest absolute Gasteiger partial charge is 0.165 e. The number of aryl methyl sites for hydroxylation is 1. The summed E-state index contributed by atoms with van der Waals surface area (Å²) in [5.41, 5.74) is 8.66. The normalized spacial score (nSPS) is 11.0. The van der Waals surface area contributed by atoms with Crippen LogP contribution < -0.4 is 10.5 Å². The average Bonchev–Trinajstić information content (AvgIpc) is 2.82. The van der Waals surface area contributed by atoms with Crippen LogP contribution in [0.15, 0.2) is 48.5 Å². The van der Waals surface area contributed by atoms with Gasteiger partial charge in [-0.3, -0.25) is 0 Å². The zero-order chi connectivity index (χ0) is 14.8. The first-order valence-corrected chi connectivity index (χ1v) is 6.94. The maximum absolute atomic E-state index is 13.6. The summed E-state index contributed by atoms with van der Waals surface area (Å²) in [6, 6.07) is 14.3. The third-order valence-electron chi connectivity index (χ3n) is 3.54. The molecule has 108 valence electrons. The van der Waals surface area contributed by atoms with Crippen LogP contribution in [0.2, 0.25) is 0 Å². The van der Waals surface area contributed by atoms with E-state index in [2.05, 4.69) is 11.5 Å². The van der Waals surface area contributed by atoms with Gasteiger partial charge in [-0.15, -0.1) is 0 Å². The van der Waals surface area contributed by atoms with Crippen molar-refractivity contribution in [3.8, 4) is 5.75 Å². The van der Waals surface area contributed by atoms with Gasteiger partial charge in [-0.05, 0) is 43.3 Å². The molecule has 1 aromatic heterocycles. The molecule has 0 fully saturated rings. The minimum Gasteiger partial charge on any atom is -0.484 e. The lowest BCUT2D eigenvalue weighted by Crippen LogP contribution is -2.05. The monoisotopic (exact) mass is 284 g/mol. The number of ether oxygens (including phenoxy) is 1. The second-order valence-electron chi connectivity index (χ2n) is 4.92. The van der Waals surface area contributed by atoms with Crippen LogP contribution in [-0.2, 0) is 13.2 Å². The van der Waals surface area contributed by atoms with Crippen LogP contribution >= 0.6 is 0 Å². The Bertz CT molecular complexity index is 780. The largest absolute Gasteiger partial charge is 0.484 e. The third-order valence-corrected chi connectivity index (χ3v) is 3.54. The summed E-state index contributed by atoms with van der Waals surface area (Å²) >= 11 is 0. The Hall–Kier alpha value is -2.49. The van der Waals surface area contributed by atoms with Crippen molar-refractivity contribution in [3.63, 3.8) is 0 Å². The number of nitrogen functional groups attached to an aromatic ring is 1. The lowest BCUT2D eigenvalue weighted by Gasteiger charge is -2.10. The summed E-state index contributed by atoms with van der Waals surface area (Å²) in [4.78, 5) is 0. The van der Waals surface area contributed by atoms with Crippen molar-refractivity contribution < 1.29 is 9.13 Å². The Morgan fingerprint density at radius 3 is 2.71 bits per heavy atom. The SMILES string of the molecule is CCn1c(COc2ccccc2F)cc2cc(N)ccc21. The Morgan fingerprint density at radius 1 is 1.14 bits per heavy atom. The number of nitrogens with zero attached hydrogens (tertiary/aromatic N) is 1. The molecular weight excluding hydrogens is 267 g/mol. The van der Waals surface area contributed by atoms with Crippen molar-refractivity contribution in [2.24, 2.45) is 0 Å². The van der Waals surface area contributed by atoms with E-state index in [0.29, 0.717) is 6.61 Å². The van der Waals surface area contributed by atoms with Gasteiger partial charge in [0, 0.05) is 23.1 Å². The molecule has 1 heterocycles. The summed E-state index contributed by atoms with van der Waals surface area (Å²) in [5.74, 6) is -0.0779. The molecule has 0 unspecified atom stereocenters. The van der Waals surface area contributed by atoms with Crippen LogP contribution in [0.5, 0.6) is 5.75 Å². The molecule has 0 aliphatic heterocycles. The van der Waals surface area contributed by atoms with Crippen LogP contribution in [0, 0.1) is 5.82 Å². The van der Waals surface area contributed by atoms with Crippen molar-refractivity contribution in [2.75, 3.05) is 5.73 Å². The first-order valence-electron chi connectivity index (χ1n) is 6.94. The Kier molecular flexibility index (Phi) is 3.52. The van der Waals surface area contributed by atoms with Gasteiger partial charge in [0.1, 0.15) is 6.61 Å². The third kappa shape index (κ3) is 2.57. The highest BCUT2D eigenvalue weighted by Gasteiger charge is 2.09. The molecule has 0 aliphatic carbocycles. The molecule has 2 N–H and O–H groups in total. The van der Waals surface area contributed by atoms with Gasteiger partial charge >= 0.3 is 0 Å². The maximum Gasteiger partial charge on any atom is 0.165 e. The van der Waals surface area contributed by atoms with Gasteiger partial charge < -0.3 is 15.0 Å². The molecule has 0 atom stereocenters. The fourth-order valence-corrected chi connectivity index (χ4v) is 2.55. The fourth-order valence-electron chi connectivity index (χ4n) is 2.55. The molecule has 0 saturated carbocycles. The molecule has 2 aromatic carbocycles. The number of hydrogen-bond acceptors (Lipinski definition) is 2. The zero-order valence-corrected chi connectivity index (χ0v) is 11.8. The summed E-state index contributed by atoms with van der Waals surface area (Å²) < 4.78 is 21.3. The molecule has 3 aromatic rings. The highest BCUT2D eigenvalue weighted by atomic mass is 19.1. The van der Waals surface area contributed by atoms with Crippen LogP contribution in [-0.4, -0.2) is 4.57 Å². The number of benzene rings is 2. The number of hydrogen-bond donors (Lipinski definition) is 1. The molecule has 4 heteroatoms. The van der Waals surface area contributed by atoms with Crippen molar-refractivity contribution in [2.45, 2.75) is 20.1 Å². The van der Waals surface area contributed by atoms with E-state index in [1.54, 1.807) is 18.2 Å². The number of para-hydroxylation sites is 1. The predicted octanol–water partition coefficient (Wildman–Crippen LogP) is 3.96. The van der Waals surface area contributed by atoms with E-state index < -0.39 is 0 Å². The first kappa shape index (κ1) is 13.5. The maximum atomic E-state index is 13.6. The fraction of sp³-hybridized carbons (Fsp3) is 0.176. The quantitative estimate of drug-likeness (QED) is 0.737. The number of fused-ring (bicyclic) bond motifs is 1. The minimum atomic E-state index is -0.346. The van der Waals surface area contributed by atoms with Crippen molar-refractivity contribution >= 4 is 16.6 Å². The van der Waals surface area contributed by atoms with Gasteiger partial charge in [-0.1, -0.05) is 12.1 Å². The Labute approximate surface area is 122 Å². The van der Waals surface area contributed by atoms with E-state index in [4.69, 9.17) is 10.5 Å². The molecule has 3 nitrogen and oxygen atoms in total. The van der Waals surface area contributed by atoms with Gasteiger partial charge in [0.15, 0.2) is 11.6 Å². The zero-order valence-electron chi connectivity index (χ0n) is 11.8. The average molecular weight is 284 g/mol. The molecule has 0 bridgehead atoms. The minimum absolute atomic E-state index is 0.268. The molecule has 21 heavy (non-hydrogen) atoms. The Balaban J connectivity index is 1.92. The number of anilines is 1. The predicted molar refractivity (Wildman–Crippen MR) is 82.8 cm³/mol. The molecule has 0 amide bonds. The molecule has 0 saturated heterocycles. The highest BCUT2D eigenvalue weighted by Crippen LogP contribution is 2.24. The molecular formula is C17H17FN2O. The van der Waals surface area contributed by atoms with Gasteiger partial charge in [0.05, 0.1) is 5.69 Å². The number of nitrogens with two attached hydrogens (primary N) is 1. The number of aromatic nitrogens is 1.